The van der Waals surface area contributed by atoms with Gasteiger partial charge in [0.2, 0.25) is 11.8 Å². The van der Waals surface area contributed by atoms with Gasteiger partial charge in [-0.1, -0.05) is 56.7 Å². The van der Waals surface area contributed by atoms with Crippen molar-refractivity contribution in [3.8, 4) is 0 Å². The Morgan fingerprint density at radius 2 is 1.91 bits per heavy atom. The molecule has 2 N–H and O–H groups in total. The number of rotatable bonds is 8. The highest BCUT2D eigenvalue weighted by atomic mass is 35.5. The van der Waals surface area contributed by atoms with E-state index in [2.05, 4.69) is 5.32 Å². The second kappa shape index (κ2) is 10.7. The van der Waals surface area contributed by atoms with E-state index < -0.39 is 41.7 Å². The number of carbonyl (C=O) groups is 3. The number of esters is 1. The number of amides is 2. The molecule has 0 saturated carbocycles. The van der Waals surface area contributed by atoms with Crippen LogP contribution in [-0.4, -0.2) is 53.1 Å². The Hall–Kier alpha value is -2.38. The molecule has 1 aromatic carbocycles. The molecule has 0 radical (unpaired) electrons. The number of allylic oxidation sites excluding steroid dienone is 1. The lowest BCUT2D eigenvalue weighted by molar-refractivity contribution is -0.156. The SMILES string of the molecule is CCOC(=O)[C@H]1[C@@H]2C(=O)N([C@@H](CO)C(C)C)[C@H](C(=O)Nc3ccccc3Cl)[C@H]2C=C[C@H]1CC. The molecular weight excluding hydrogens is 444 g/mol. The summed E-state index contributed by atoms with van der Waals surface area (Å²) < 4.78 is 5.34. The molecule has 2 amide bonds. The molecular formula is C25H33ClN2O5. The van der Waals surface area contributed by atoms with Crippen LogP contribution < -0.4 is 5.32 Å². The van der Waals surface area contributed by atoms with Crippen LogP contribution in [-0.2, 0) is 19.1 Å². The largest absolute Gasteiger partial charge is 0.466 e. The van der Waals surface area contributed by atoms with Gasteiger partial charge in [0.1, 0.15) is 6.04 Å². The third kappa shape index (κ3) is 4.80. The first-order chi connectivity index (χ1) is 15.8. The minimum Gasteiger partial charge on any atom is -0.466 e. The van der Waals surface area contributed by atoms with E-state index in [9.17, 15) is 19.5 Å². The summed E-state index contributed by atoms with van der Waals surface area (Å²) in [4.78, 5) is 41.8. The Bertz CT molecular complexity index is 918. The van der Waals surface area contributed by atoms with E-state index in [4.69, 9.17) is 16.3 Å². The van der Waals surface area contributed by atoms with Gasteiger partial charge in [-0.3, -0.25) is 14.4 Å². The first kappa shape index (κ1) is 25.2. The van der Waals surface area contributed by atoms with Gasteiger partial charge in [-0.2, -0.15) is 0 Å². The number of para-hydroxylation sites is 1. The van der Waals surface area contributed by atoms with Crippen LogP contribution in [0.5, 0.6) is 0 Å². The average Bonchev–Trinajstić information content (AvgIpc) is 3.07. The second-order valence-electron chi connectivity index (χ2n) is 8.99. The minimum atomic E-state index is -0.885. The topological polar surface area (TPSA) is 95.9 Å². The molecule has 1 aliphatic heterocycles. The number of nitrogens with zero attached hydrogens (tertiary/aromatic N) is 1. The molecule has 1 fully saturated rings. The van der Waals surface area contributed by atoms with E-state index in [0.717, 1.165) is 0 Å². The number of carbonyl (C=O) groups excluding carboxylic acids is 3. The number of likely N-dealkylation sites (tertiary alicyclic amines) is 1. The first-order valence-corrected chi connectivity index (χ1v) is 12.0. The van der Waals surface area contributed by atoms with E-state index in [1.807, 2.05) is 32.9 Å². The van der Waals surface area contributed by atoms with Crippen LogP contribution in [0.25, 0.3) is 0 Å². The lowest BCUT2D eigenvalue weighted by atomic mass is 9.69. The van der Waals surface area contributed by atoms with E-state index >= 15 is 0 Å². The summed E-state index contributed by atoms with van der Waals surface area (Å²) in [7, 11) is 0. The standard InChI is InChI=1S/C25H33ClN2O5/c1-5-15-11-12-16-21(20(15)25(32)33-6-2)24(31)28(19(13-29)14(3)4)22(16)23(30)27-18-10-8-7-9-17(18)26/h7-12,14-16,19-22,29H,5-6,13H2,1-4H3,(H,27,30)/t15-,16+,19+,20-,21-,22+/m1/s1. The van der Waals surface area contributed by atoms with Crippen molar-refractivity contribution in [2.24, 2.45) is 29.6 Å². The van der Waals surface area contributed by atoms with E-state index in [0.29, 0.717) is 17.1 Å². The maximum atomic E-state index is 13.8. The van der Waals surface area contributed by atoms with Crippen LogP contribution in [0.15, 0.2) is 36.4 Å². The monoisotopic (exact) mass is 476 g/mol. The van der Waals surface area contributed by atoms with Crippen LogP contribution in [0.4, 0.5) is 5.69 Å². The van der Waals surface area contributed by atoms with Crippen molar-refractivity contribution >= 4 is 35.1 Å². The maximum absolute atomic E-state index is 13.8. The highest BCUT2D eigenvalue weighted by molar-refractivity contribution is 6.33. The zero-order chi connectivity index (χ0) is 24.3. The van der Waals surface area contributed by atoms with Gasteiger partial charge in [0.15, 0.2) is 0 Å². The van der Waals surface area contributed by atoms with Crippen LogP contribution >= 0.6 is 11.6 Å². The number of halogens is 1. The highest BCUT2D eigenvalue weighted by Gasteiger charge is 2.59. The molecule has 1 aliphatic carbocycles. The fourth-order valence-corrected chi connectivity index (χ4v) is 5.32. The molecule has 33 heavy (non-hydrogen) atoms. The molecule has 1 heterocycles. The fraction of sp³-hybridized carbons (Fsp3) is 0.560. The number of hydrogen-bond donors (Lipinski definition) is 2. The lowest BCUT2D eigenvalue weighted by Crippen LogP contribution is -2.52. The molecule has 0 aromatic heterocycles. The quantitative estimate of drug-likeness (QED) is 0.442. The molecule has 1 aromatic rings. The summed E-state index contributed by atoms with van der Waals surface area (Å²) in [5, 5.41) is 13.4. The summed E-state index contributed by atoms with van der Waals surface area (Å²) in [6.07, 6.45) is 4.48. The normalized spacial score (nSPS) is 27.4. The fourth-order valence-electron chi connectivity index (χ4n) is 5.14. The van der Waals surface area contributed by atoms with Crippen molar-refractivity contribution in [2.75, 3.05) is 18.5 Å². The molecule has 0 spiro atoms. The number of nitrogens with one attached hydrogen (secondary N) is 1. The van der Waals surface area contributed by atoms with E-state index in [1.54, 1.807) is 31.2 Å². The zero-order valence-corrected chi connectivity index (χ0v) is 20.3. The Morgan fingerprint density at radius 3 is 2.48 bits per heavy atom. The number of hydrogen-bond acceptors (Lipinski definition) is 5. The summed E-state index contributed by atoms with van der Waals surface area (Å²) in [6, 6.07) is 5.43. The zero-order valence-electron chi connectivity index (χ0n) is 19.5. The number of aliphatic hydroxyl groups is 1. The number of fused-ring (bicyclic) bond motifs is 1. The predicted molar refractivity (Wildman–Crippen MR) is 126 cm³/mol. The smallest absolute Gasteiger partial charge is 0.310 e. The van der Waals surface area contributed by atoms with Crippen LogP contribution in [0.3, 0.4) is 0 Å². The number of ether oxygens (including phenoxy) is 1. The lowest BCUT2D eigenvalue weighted by Gasteiger charge is -2.35. The van der Waals surface area contributed by atoms with Gasteiger partial charge in [-0.05, 0) is 37.3 Å². The first-order valence-electron chi connectivity index (χ1n) is 11.6. The van der Waals surface area contributed by atoms with Crippen LogP contribution in [0, 0.1) is 29.6 Å². The highest BCUT2D eigenvalue weighted by Crippen LogP contribution is 2.46. The Balaban J connectivity index is 2.06. The van der Waals surface area contributed by atoms with Crippen molar-refractivity contribution in [1.82, 2.24) is 4.90 Å². The third-order valence-electron chi connectivity index (χ3n) is 6.79. The number of aliphatic hydroxyl groups excluding tert-OH is 1. The Morgan fingerprint density at radius 1 is 1.21 bits per heavy atom. The van der Waals surface area contributed by atoms with Crippen LogP contribution in [0.1, 0.15) is 34.1 Å². The molecule has 0 bridgehead atoms. The van der Waals surface area contributed by atoms with Crippen molar-refractivity contribution in [2.45, 2.75) is 46.2 Å². The molecule has 7 nitrogen and oxygen atoms in total. The van der Waals surface area contributed by atoms with E-state index in [1.165, 1.54) is 4.90 Å². The van der Waals surface area contributed by atoms with Gasteiger partial charge in [0.05, 0.1) is 41.8 Å². The van der Waals surface area contributed by atoms with Gasteiger partial charge in [-0.25, -0.2) is 0 Å². The maximum Gasteiger partial charge on any atom is 0.310 e. The Labute approximate surface area is 200 Å². The van der Waals surface area contributed by atoms with Crippen molar-refractivity contribution in [3.63, 3.8) is 0 Å². The summed E-state index contributed by atoms with van der Waals surface area (Å²) >= 11 is 6.24. The Kier molecular flexibility index (Phi) is 8.19. The van der Waals surface area contributed by atoms with Crippen molar-refractivity contribution in [3.05, 3.63) is 41.4 Å². The van der Waals surface area contributed by atoms with Gasteiger partial charge < -0.3 is 20.1 Å². The van der Waals surface area contributed by atoms with Crippen LogP contribution in [0.2, 0.25) is 5.02 Å². The van der Waals surface area contributed by atoms with Gasteiger partial charge in [-0.15, -0.1) is 0 Å². The molecule has 8 heteroatoms. The van der Waals surface area contributed by atoms with Gasteiger partial charge in [0, 0.05) is 5.92 Å². The molecule has 6 atom stereocenters. The molecule has 1 saturated heterocycles. The predicted octanol–water partition coefficient (Wildman–Crippen LogP) is 3.51. The second-order valence-corrected chi connectivity index (χ2v) is 9.40. The minimum absolute atomic E-state index is 0.0956. The molecule has 2 aliphatic rings. The van der Waals surface area contributed by atoms with E-state index in [-0.39, 0.29) is 31.0 Å². The van der Waals surface area contributed by atoms with Gasteiger partial charge >= 0.3 is 5.97 Å². The molecule has 3 rings (SSSR count). The van der Waals surface area contributed by atoms with Gasteiger partial charge in [0.25, 0.3) is 0 Å². The number of anilines is 1. The third-order valence-corrected chi connectivity index (χ3v) is 7.12. The van der Waals surface area contributed by atoms with Crippen molar-refractivity contribution < 1.29 is 24.2 Å². The summed E-state index contributed by atoms with van der Waals surface area (Å²) in [5.41, 5.74) is 0.443. The summed E-state index contributed by atoms with van der Waals surface area (Å²) in [6.45, 7) is 7.42. The molecule has 0 unspecified atom stereocenters. The summed E-state index contributed by atoms with van der Waals surface area (Å²) in [5.74, 6) is -3.30. The average molecular weight is 477 g/mol. The number of benzene rings is 1. The van der Waals surface area contributed by atoms with Crippen molar-refractivity contribution in [1.29, 1.82) is 0 Å². The molecule has 180 valence electrons.